The molecular weight excluding hydrogens is 180 g/mol. The van der Waals surface area contributed by atoms with Crippen molar-refractivity contribution in [1.29, 1.82) is 0 Å². The Labute approximate surface area is 73.7 Å². The number of anilines is 1. The molecule has 0 saturated carbocycles. The van der Waals surface area contributed by atoms with Crippen LogP contribution in [-0.4, -0.2) is 15.9 Å². The Balaban J connectivity index is 3.38. The van der Waals surface area contributed by atoms with Crippen LogP contribution in [0, 0.1) is 6.92 Å². The average Bonchev–Trinajstić information content (AvgIpc) is 1.82. The van der Waals surface area contributed by atoms with Gasteiger partial charge in [-0.15, -0.1) is 0 Å². The Kier molecular flexibility index (Phi) is 2.14. The number of aromatic nitrogens is 2. The molecule has 1 heterocycles. The number of rotatable bonds is 1. The molecule has 1 aromatic rings. The summed E-state index contributed by atoms with van der Waals surface area (Å²) in [6, 6.07) is 0. The molecule has 0 radical (unpaired) electrons. The molecule has 12 heavy (non-hydrogen) atoms. The van der Waals surface area contributed by atoms with E-state index < -0.39 is 5.91 Å². The van der Waals surface area contributed by atoms with E-state index in [1.165, 1.54) is 0 Å². The number of carbonyl (C=O) groups is 1. The average molecular weight is 187 g/mol. The highest BCUT2D eigenvalue weighted by molar-refractivity contribution is 6.28. The molecule has 0 unspecified atom stereocenters. The van der Waals surface area contributed by atoms with Crippen molar-refractivity contribution in [1.82, 2.24) is 9.97 Å². The number of amides is 1. The highest BCUT2D eigenvalue weighted by Crippen LogP contribution is 2.13. The fourth-order valence-corrected chi connectivity index (χ4v) is 1.08. The minimum atomic E-state index is -0.651. The molecular formula is C6H7ClN4O. The van der Waals surface area contributed by atoms with Gasteiger partial charge in [-0.25, -0.2) is 9.97 Å². The highest BCUT2D eigenvalue weighted by atomic mass is 35.5. The molecule has 0 spiro atoms. The molecule has 0 saturated heterocycles. The quantitative estimate of drug-likeness (QED) is 0.609. The van der Waals surface area contributed by atoms with E-state index >= 15 is 0 Å². The van der Waals surface area contributed by atoms with Crippen molar-refractivity contribution in [3.8, 4) is 0 Å². The zero-order valence-electron chi connectivity index (χ0n) is 6.34. The standard InChI is InChI=1S/C6H7ClN4O/c1-2-3(5(9)12)4(8)11-6(7)10-2/h1H3,(H2,9,12)(H2,8,10,11). The Morgan fingerprint density at radius 3 is 2.50 bits per heavy atom. The summed E-state index contributed by atoms with van der Waals surface area (Å²) in [6.07, 6.45) is 0. The molecule has 0 aliphatic carbocycles. The molecule has 0 aromatic carbocycles. The van der Waals surface area contributed by atoms with Gasteiger partial charge < -0.3 is 11.5 Å². The van der Waals surface area contributed by atoms with Gasteiger partial charge >= 0.3 is 0 Å². The predicted octanol–water partition coefficient (Wildman–Crippen LogP) is 0.120. The minimum Gasteiger partial charge on any atom is -0.383 e. The monoisotopic (exact) mass is 186 g/mol. The van der Waals surface area contributed by atoms with Crippen molar-refractivity contribution in [3.05, 3.63) is 16.5 Å². The number of carbonyl (C=O) groups excluding carboxylic acids is 1. The van der Waals surface area contributed by atoms with Crippen LogP contribution in [0.5, 0.6) is 0 Å². The van der Waals surface area contributed by atoms with Crippen molar-refractivity contribution < 1.29 is 4.79 Å². The van der Waals surface area contributed by atoms with Gasteiger partial charge in [0.1, 0.15) is 11.4 Å². The first-order valence-corrected chi connectivity index (χ1v) is 3.49. The Morgan fingerprint density at radius 1 is 1.50 bits per heavy atom. The first-order valence-electron chi connectivity index (χ1n) is 3.11. The summed E-state index contributed by atoms with van der Waals surface area (Å²) in [7, 11) is 0. The Hall–Kier alpha value is -1.36. The van der Waals surface area contributed by atoms with Crippen LogP contribution in [0.15, 0.2) is 0 Å². The second-order valence-corrected chi connectivity index (χ2v) is 2.54. The third-order valence-corrected chi connectivity index (χ3v) is 1.51. The van der Waals surface area contributed by atoms with Gasteiger partial charge in [0, 0.05) is 0 Å². The molecule has 0 aliphatic heterocycles. The maximum absolute atomic E-state index is 10.8. The topological polar surface area (TPSA) is 94.9 Å². The summed E-state index contributed by atoms with van der Waals surface area (Å²) in [6.45, 7) is 1.59. The molecule has 0 bridgehead atoms. The largest absolute Gasteiger partial charge is 0.383 e. The van der Waals surface area contributed by atoms with Gasteiger partial charge in [0.15, 0.2) is 0 Å². The number of nitrogen functional groups attached to an aromatic ring is 1. The zero-order valence-corrected chi connectivity index (χ0v) is 7.09. The van der Waals surface area contributed by atoms with Gasteiger partial charge in [-0.1, -0.05) is 0 Å². The van der Waals surface area contributed by atoms with Gasteiger partial charge in [0.2, 0.25) is 5.28 Å². The maximum atomic E-state index is 10.8. The lowest BCUT2D eigenvalue weighted by Crippen LogP contribution is -2.17. The summed E-state index contributed by atoms with van der Waals surface area (Å²) in [5.41, 5.74) is 10.9. The van der Waals surface area contributed by atoms with E-state index in [0.717, 1.165) is 0 Å². The summed E-state index contributed by atoms with van der Waals surface area (Å²) in [4.78, 5) is 18.1. The molecule has 0 fully saturated rings. The number of nitrogens with zero attached hydrogens (tertiary/aromatic N) is 2. The molecule has 0 aliphatic rings. The normalized spacial score (nSPS) is 9.83. The number of hydrogen-bond donors (Lipinski definition) is 2. The van der Waals surface area contributed by atoms with Gasteiger partial charge in [-0.3, -0.25) is 4.79 Å². The lowest BCUT2D eigenvalue weighted by atomic mass is 10.2. The van der Waals surface area contributed by atoms with E-state index in [4.69, 9.17) is 23.1 Å². The Morgan fingerprint density at radius 2 is 2.08 bits per heavy atom. The van der Waals surface area contributed by atoms with Crippen LogP contribution in [0.1, 0.15) is 16.1 Å². The number of aryl methyl sites for hydroxylation is 1. The molecule has 5 nitrogen and oxygen atoms in total. The van der Waals surface area contributed by atoms with E-state index in [-0.39, 0.29) is 16.7 Å². The lowest BCUT2D eigenvalue weighted by molar-refractivity contribution is 0.1000. The molecule has 1 rings (SSSR count). The Bertz CT molecular complexity index is 315. The van der Waals surface area contributed by atoms with Crippen LogP contribution in [0.3, 0.4) is 0 Å². The van der Waals surface area contributed by atoms with Crippen LogP contribution in [0.25, 0.3) is 0 Å². The predicted molar refractivity (Wildman–Crippen MR) is 44.7 cm³/mol. The number of halogens is 1. The van der Waals surface area contributed by atoms with Gasteiger partial charge in [-0.2, -0.15) is 0 Å². The van der Waals surface area contributed by atoms with Crippen molar-refractivity contribution in [3.63, 3.8) is 0 Å². The van der Waals surface area contributed by atoms with Crippen LogP contribution in [0.4, 0.5) is 5.82 Å². The summed E-state index contributed by atoms with van der Waals surface area (Å²) < 4.78 is 0. The number of primary amides is 1. The van der Waals surface area contributed by atoms with E-state index in [9.17, 15) is 4.79 Å². The van der Waals surface area contributed by atoms with E-state index in [1.54, 1.807) is 6.92 Å². The molecule has 4 N–H and O–H groups in total. The van der Waals surface area contributed by atoms with Crippen molar-refractivity contribution in [2.45, 2.75) is 6.92 Å². The van der Waals surface area contributed by atoms with Crippen molar-refractivity contribution >= 4 is 23.3 Å². The summed E-state index contributed by atoms with van der Waals surface area (Å²) in [5, 5.41) is 0.00926. The van der Waals surface area contributed by atoms with Crippen molar-refractivity contribution in [2.24, 2.45) is 5.73 Å². The summed E-state index contributed by atoms with van der Waals surface area (Å²) in [5.74, 6) is -0.637. The summed E-state index contributed by atoms with van der Waals surface area (Å²) >= 11 is 5.47. The molecule has 6 heteroatoms. The van der Waals surface area contributed by atoms with Crippen LogP contribution in [0.2, 0.25) is 5.28 Å². The molecule has 1 amide bonds. The maximum Gasteiger partial charge on any atom is 0.254 e. The first-order chi connectivity index (χ1) is 5.52. The van der Waals surface area contributed by atoms with Crippen molar-refractivity contribution in [2.75, 3.05) is 5.73 Å². The molecule has 0 atom stereocenters. The first kappa shape index (κ1) is 8.73. The lowest BCUT2D eigenvalue weighted by Gasteiger charge is -2.03. The third-order valence-electron chi connectivity index (χ3n) is 1.34. The van der Waals surface area contributed by atoms with Gasteiger partial charge in [-0.05, 0) is 18.5 Å². The van der Waals surface area contributed by atoms with Gasteiger partial charge in [0.25, 0.3) is 5.91 Å². The van der Waals surface area contributed by atoms with E-state index in [0.29, 0.717) is 5.69 Å². The zero-order chi connectivity index (χ0) is 9.30. The molecule has 1 aromatic heterocycles. The smallest absolute Gasteiger partial charge is 0.254 e. The minimum absolute atomic E-state index is 0.00926. The van der Waals surface area contributed by atoms with E-state index in [2.05, 4.69) is 9.97 Å². The molecule has 64 valence electrons. The third kappa shape index (κ3) is 1.45. The highest BCUT2D eigenvalue weighted by Gasteiger charge is 2.12. The fraction of sp³-hybridized carbons (Fsp3) is 0.167. The number of nitrogens with two attached hydrogens (primary N) is 2. The second kappa shape index (κ2) is 2.94. The van der Waals surface area contributed by atoms with Gasteiger partial charge in [0.05, 0.1) is 5.69 Å². The van der Waals surface area contributed by atoms with Crippen LogP contribution < -0.4 is 11.5 Å². The number of hydrogen-bond acceptors (Lipinski definition) is 4. The van der Waals surface area contributed by atoms with Crippen LogP contribution >= 0.6 is 11.6 Å². The SMILES string of the molecule is Cc1nc(Cl)nc(N)c1C(N)=O. The fourth-order valence-electron chi connectivity index (χ4n) is 0.864. The van der Waals surface area contributed by atoms with E-state index in [1.807, 2.05) is 0 Å². The second-order valence-electron chi connectivity index (χ2n) is 2.20. The van der Waals surface area contributed by atoms with Crippen LogP contribution in [-0.2, 0) is 0 Å².